The molecule has 0 saturated heterocycles. The molecule has 4 aliphatic carbocycles. The number of sulfonamides is 1. The molecule has 0 aliphatic heterocycles. The van der Waals surface area contributed by atoms with Crippen molar-refractivity contribution < 1.29 is 13.2 Å². The molecule has 0 spiro atoms. The minimum atomic E-state index is -3.35. The predicted octanol–water partition coefficient (Wildman–Crippen LogP) is 3.07. The number of nitrogens with one attached hydrogen (secondary N) is 3. The van der Waals surface area contributed by atoms with E-state index >= 15 is 0 Å². The minimum absolute atomic E-state index is 0.181. The van der Waals surface area contributed by atoms with Crippen LogP contribution in [-0.4, -0.2) is 27.2 Å². The zero-order valence-corrected chi connectivity index (χ0v) is 16.6. The lowest BCUT2D eigenvalue weighted by Gasteiger charge is -2.56. The zero-order valence-electron chi connectivity index (χ0n) is 15.8. The molecule has 0 aromatic heterocycles. The Kier molecular flexibility index (Phi) is 4.82. The van der Waals surface area contributed by atoms with Crippen LogP contribution >= 0.6 is 0 Å². The molecular weight excluding hydrogens is 362 g/mol. The molecule has 5 rings (SSSR count). The SMILES string of the molecule is CS(=O)(=O)Nc1ccccc1CNC(=O)NCC12CC3CC(CC(C3)C1)C2. The van der Waals surface area contributed by atoms with E-state index in [-0.39, 0.29) is 12.6 Å². The highest BCUT2D eigenvalue weighted by Crippen LogP contribution is 2.59. The number of hydrogen-bond acceptors (Lipinski definition) is 3. The first-order valence-electron chi connectivity index (χ1n) is 9.88. The number of hydrogen-bond donors (Lipinski definition) is 3. The highest BCUT2D eigenvalue weighted by Gasteiger charge is 2.50. The second-order valence-electron chi connectivity index (χ2n) is 8.99. The number of anilines is 1. The van der Waals surface area contributed by atoms with Crippen molar-refractivity contribution in [3.63, 3.8) is 0 Å². The number of rotatable bonds is 6. The van der Waals surface area contributed by atoms with Gasteiger partial charge in [-0.3, -0.25) is 4.72 Å². The van der Waals surface area contributed by atoms with Crippen LogP contribution in [0.25, 0.3) is 0 Å². The fraction of sp³-hybridized carbons (Fsp3) is 0.650. The van der Waals surface area contributed by atoms with Crippen molar-refractivity contribution in [3.05, 3.63) is 29.8 Å². The molecule has 1 aromatic rings. The van der Waals surface area contributed by atoms with Gasteiger partial charge < -0.3 is 10.6 Å². The Labute approximate surface area is 161 Å². The van der Waals surface area contributed by atoms with Crippen molar-refractivity contribution in [3.8, 4) is 0 Å². The van der Waals surface area contributed by atoms with Crippen LogP contribution in [-0.2, 0) is 16.6 Å². The van der Waals surface area contributed by atoms with Crippen molar-refractivity contribution in [2.24, 2.45) is 23.2 Å². The lowest BCUT2D eigenvalue weighted by molar-refractivity contribution is -0.0498. The van der Waals surface area contributed by atoms with Gasteiger partial charge in [-0.1, -0.05) is 18.2 Å². The van der Waals surface area contributed by atoms with Crippen LogP contribution in [0.2, 0.25) is 0 Å². The van der Waals surface area contributed by atoms with Gasteiger partial charge in [-0.15, -0.1) is 0 Å². The maximum absolute atomic E-state index is 12.3. The Morgan fingerprint density at radius 1 is 1.04 bits per heavy atom. The van der Waals surface area contributed by atoms with Gasteiger partial charge in [-0.25, -0.2) is 13.2 Å². The summed E-state index contributed by atoms with van der Waals surface area (Å²) in [5, 5.41) is 5.96. The molecule has 1 aromatic carbocycles. The fourth-order valence-electron chi connectivity index (χ4n) is 5.99. The number of carbonyl (C=O) groups excluding carboxylic acids is 1. The quantitative estimate of drug-likeness (QED) is 0.696. The molecule has 3 N–H and O–H groups in total. The summed E-state index contributed by atoms with van der Waals surface area (Å²) < 4.78 is 25.5. The van der Waals surface area contributed by atoms with E-state index in [1.807, 2.05) is 12.1 Å². The van der Waals surface area contributed by atoms with Crippen LogP contribution < -0.4 is 15.4 Å². The summed E-state index contributed by atoms with van der Waals surface area (Å²) in [6.07, 6.45) is 9.11. The summed E-state index contributed by atoms with van der Waals surface area (Å²) in [5.74, 6) is 2.61. The molecule has 27 heavy (non-hydrogen) atoms. The third-order valence-corrected chi connectivity index (χ3v) is 7.13. The van der Waals surface area contributed by atoms with E-state index in [1.165, 1.54) is 38.5 Å². The average Bonchev–Trinajstić information content (AvgIpc) is 2.57. The third kappa shape index (κ3) is 4.39. The molecule has 7 heteroatoms. The van der Waals surface area contributed by atoms with E-state index in [1.54, 1.807) is 12.1 Å². The van der Waals surface area contributed by atoms with Crippen LogP contribution in [0.15, 0.2) is 24.3 Å². The van der Waals surface area contributed by atoms with E-state index in [0.717, 1.165) is 36.1 Å². The van der Waals surface area contributed by atoms with Gasteiger partial charge in [0.05, 0.1) is 11.9 Å². The zero-order chi connectivity index (χ0) is 19.1. The van der Waals surface area contributed by atoms with Crippen LogP contribution in [0.4, 0.5) is 10.5 Å². The molecule has 4 fully saturated rings. The van der Waals surface area contributed by atoms with Gasteiger partial charge in [0.2, 0.25) is 10.0 Å². The second kappa shape index (κ2) is 7.00. The highest BCUT2D eigenvalue weighted by atomic mass is 32.2. The Balaban J connectivity index is 1.31. The summed E-state index contributed by atoms with van der Waals surface area (Å²) >= 11 is 0. The summed E-state index contributed by atoms with van der Waals surface area (Å²) in [6, 6.07) is 6.93. The number of urea groups is 1. The number of amides is 2. The molecule has 4 bridgehead atoms. The first kappa shape index (κ1) is 18.6. The summed E-state index contributed by atoms with van der Waals surface area (Å²) in [5.41, 5.74) is 1.55. The smallest absolute Gasteiger partial charge is 0.315 e. The number of para-hydroxylation sites is 1. The molecule has 6 nitrogen and oxygen atoms in total. The molecule has 0 heterocycles. The lowest BCUT2D eigenvalue weighted by atomic mass is 9.49. The van der Waals surface area contributed by atoms with E-state index in [9.17, 15) is 13.2 Å². The molecule has 0 radical (unpaired) electrons. The van der Waals surface area contributed by atoms with Gasteiger partial charge in [0.1, 0.15) is 0 Å². The second-order valence-corrected chi connectivity index (χ2v) is 10.7. The van der Waals surface area contributed by atoms with Crippen LogP contribution in [0.1, 0.15) is 44.1 Å². The third-order valence-electron chi connectivity index (χ3n) is 6.54. The van der Waals surface area contributed by atoms with Gasteiger partial charge in [0.15, 0.2) is 0 Å². The van der Waals surface area contributed by atoms with Gasteiger partial charge in [0.25, 0.3) is 0 Å². The topological polar surface area (TPSA) is 87.3 Å². The maximum Gasteiger partial charge on any atom is 0.315 e. The Morgan fingerprint density at radius 2 is 1.63 bits per heavy atom. The van der Waals surface area contributed by atoms with E-state index in [4.69, 9.17) is 0 Å². The molecule has 4 saturated carbocycles. The van der Waals surface area contributed by atoms with Gasteiger partial charge in [-0.2, -0.15) is 0 Å². The normalized spacial score (nSPS) is 31.5. The van der Waals surface area contributed by atoms with Gasteiger partial charge in [0, 0.05) is 13.1 Å². The predicted molar refractivity (Wildman–Crippen MR) is 106 cm³/mol. The standard InChI is InChI=1S/C20H29N3O3S/c1-27(25,26)23-18-5-3-2-4-17(18)12-21-19(24)22-13-20-9-14-6-15(10-20)8-16(7-14)11-20/h2-5,14-16,23H,6-13H2,1H3,(H2,21,22,24). The average molecular weight is 392 g/mol. The number of benzene rings is 1. The number of carbonyl (C=O) groups is 1. The van der Waals surface area contributed by atoms with Crippen molar-refractivity contribution >= 4 is 21.7 Å². The first-order valence-corrected chi connectivity index (χ1v) is 11.8. The first-order chi connectivity index (χ1) is 12.8. The Morgan fingerprint density at radius 3 is 2.22 bits per heavy atom. The Bertz CT molecular complexity index is 786. The molecule has 0 atom stereocenters. The summed E-state index contributed by atoms with van der Waals surface area (Å²) in [6.45, 7) is 1.04. The molecular formula is C20H29N3O3S. The van der Waals surface area contributed by atoms with Crippen LogP contribution in [0.5, 0.6) is 0 Å². The Hall–Kier alpha value is -1.76. The van der Waals surface area contributed by atoms with Crippen LogP contribution in [0.3, 0.4) is 0 Å². The molecule has 4 aliphatic rings. The lowest BCUT2D eigenvalue weighted by Crippen LogP contribution is -2.52. The summed E-state index contributed by atoms with van der Waals surface area (Å²) in [4.78, 5) is 12.3. The maximum atomic E-state index is 12.3. The van der Waals surface area contributed by atoms with Crippen molar-refractivity contribution in [2.75, 3.05) is 17.5 Å². The minimum Gasteiger partial charge on any atom is -0.338 e. The van der Waals surface area contributed by atoms with E-state index in [2.05, 4.69) is 15.4 Å². The van der Waals surface area contributed by atoms with Crippen molar-refractivity contribution in [1.29, 1.82) is 0 Å². The van der Waals surface area contributed by atoms with Crippen molar-refractivity contribution in [1.82, 2.24) is 10.6 Å². The molecule has 0 unspecified atom stereocenters. The largest absolute Gasteiger partial charge is 0.338 e. The van der Waals surface area contributed by atoms with Gasteiger partial charge >= 0.3 is 6.03 Å². The van der Waals surface area contributed by atoms with Crippen LogP contribution in [0, 0.1) is 23.2 Å². The van der Waals surface area contributed by atoms with Crippen molar-refractivity contribution in [2.45, 2.75) is 45.1 Å². The molecule has 2 amide bonds. The van der Waals surface area contributed by atoms with E-state index in [0.29, 0.717) is 11.1 Å². The molecule has 148 valence electrons. The summed E-state index contributed by atoms with van der Waals surface area (Å²) in [7, 11) is -3.35. The van der Waals surface area contributed by atoms with E-state index < -0.39 is 10.0 Å². The highest BCUT2D eigenvalue weighted by molar-refractivity contribution is 7.92. The van der Waals surface area contributed by atoms with Gasteiger partial charge in [-0.05, 0) is 73.3 Å². The fourth-order valence-corrected chi connectivity index (χ4v) is 6.58. The monoisotopic (exact) mass is 391 g/mol.